The van der Waals surface area contributed by atoms with E-state index in [1.54, 1.807) is 17.0 Å². The van der Waals surface area contributed by atoms with Crippen molar-refractivity contribution in [2.75, 3.05) is 6.61 Å². The van der Waals surface area contributed by atoms with Gasteiger partial charge in [0.15, 0.2) is 6.61 Å². The molecule has 0 aliphatic heterocycles. The lowest BCUT2D eigenvalue weighted by Crippen LogP contribution is -2.52. The Hall–Kier alpha value is -2.89. The number of hydrogen-bond donors (Lipinski definition) is 1. The van der Waals surface area contributed by atoms with Gasteiger partial charge in [-0.1, -0.05) is 70.9 Å². The molecule has 0 bridgehead atoms. The Labute approximate surface area is 202 Å². The maximum Gasteiger partial charge on any atom is 0.261 e. The van der Waals surface area contributed by atoms with E-state index >= 15 is 0 Å². The molecule has 1 atom stereocenters. The van der Waals surface area contributed by atoms with Gasteiger partial charge in [-0.3, -0.25) is 9.59 Å². The van der Waals surface area contributed by atoms with E-state index in [9.17, 15) is 14.0 Å². The summed E-state index contributed by atoms with van der Waals surface area (Å²) in [4.78, 5) is 28.2. The molecule has 0 heterocycles. The predicted molar refractivity (Wildman–Crippen MR) is 132 cm³/mol. The van der Waals surface area contributed by atoms with Gasteiger partial charge in [0.05, 0.1) is 0 Å². The molecule has 5 nitrogen and oxygen atoms in total. The molecule has 0 spiro atoms. The van der Waals surface area contributed by atoms with Gasteiger partial charge in [0, 0.05) is 12.6 Å². The van der Waals surface area contributed by atoms with E-state index in [-0.39, 0.29) is 42.2 Å². The Bertz CT molecular complexity index is 962. The number of rotatable bonds is 9. The largest absolute Gasteiger partial charge is 0.483 e. The average molecular weight is 469 g/mol. The third-order valence-electron chi connectivity index (χ3n) is 6.40. The maximum absolute atomic E-state index is 13.4. The van der Waals surface area contributed by atoms with Crippen LogP contribution in [-0.2, 0) is 21.5 Å². The lowest BCUT2D eigenvalue weighted by Gasteiger charge is -2.31. The molecule has 0 aromatic heterocycles. The zero-order valence-electron chi connectivity index (χ0n) is 20.8. The topological polar surface area (TPSA) is 58.6 Å². The maximum atomic E-state index is 13.4. The van der Waals surface area contributed by atoms with E-state index in [0.29, 0.717) is 12.2 Å². The van der Waals surface area contributed by atoms with Gasteiger partial charge in [0.2, 0.25) is 5.91 Å². The lowest BCUT2D eigenvalue weighted by molar-refractivity contribution is -0.143. The van der Waals surface area contributed by atoms with Crippen molar-refractivity contribution in [1.29, 1.82) is 0 Å². The summed E-state index contributed by atoms with van der Waals surface area (Å²) in [5, 5.41) is 3.13. The fourth-order valence-corrected chi connectivity index (χ4v) is 4.51. The van der Waals surface area contributed by atoms with Crippen LogP contribution in [0.25, 0.3) is 0 Å². The minimum absolute atomic E-state index is 0.138. The van der Waals surface area contributed by atoms with Crippen LogP contribution in [0, 0.1) is 5.82 Å². The van der Waals surface area contributed by atoms with Gasteiger partial charge in [-0.25, -0.2) is 4.39 Å². The number of hydrogen-bond acceptors (Lipinski definition) is 3. The lowest BCUT2D eigenvalue weighted by atomic mass is 9.86. The minimum atomic E-state index is -0.625. The van der Waals surface area contributed by atoms with E-state index in [4.69, 9.17) is 4.74 Å². The summed E-state index contributed by atoms with van der Waals surface area (Å²) < 4.78 is 19.4. The van der Waals surface area contributed by atoms with E-state index in [0.717, 1.165) is 36.8 Å². The standard InChI is InChI=1S/C28H37FN2O3/c1-5-24(27(33)30-22-10-6-7-11-22)31(18-20-14-16-21(29)17-15-20)26(32)19-34-25-13-9-8-12-23(25)28(2,3)4/h8-9,12-17,22,24H,5-7,10-11,18-19H2,1-4H3,(H,30,33)/t24-/m0/s1. The number of nitrogens with zero attached hydrogens (tertiary/aromatic N) is 1. The van der Waals surface area contributed by atoms with Crippen LogP contribution in [0.15, 0.2) is 48.5 Å². The molecule has 3 rings (SSSR count). The number of nitrogens with one attached hydrogen (secondary N) is 1. The van der Waals surface area contributed by atoms with Gasteiger partial charge in [-0.05, 0) is 54.0 Å². The third kappa shape index (κ3) is 6.81. The van der Waals surface area contributed by atoms with Crippen molar-refractivity contribution in [2.24, 2.45) is 0 Å². The van der Waals surface area contributed by atoms with Crippen molar-refractivity contribution in [3.8, 4) is 5.75 Å². The van der Waals surface area contributed by atoms with Gasteiger partial charge >= 0.3 is 0 Å². The van der Waals surface area contributed by atoms with Crippen LogP contribution < -0.4 is 10.1 Å². The van der Waals surface area contributed by atoms with Crippen molar-refractivity contribution in [1.82, 2.24) is 10.2 Å². The highest BCUT2D eigenvalue weighted by atomic mass is 19.1. The number of halogens is 1. The fraction of sp³-hybridized carbons (Fsp3) is 0.500. The van der Waals surface area contributed by atoms with Crippen molar-refractivity contribution >= 4 is 11.8 Å². The Morgan fingerprint density at radius 1 is 1.09 bits per heavy atom. The molecule has 1 aliphatic rings. The van der Waals surface area contributed by atoms with E-state index in [2.05, 4.69) is 26.1 Å². The molecular formula is C28H37FN2O3. The van der Waals surface area contributed by atoms with Gasteiger partial charge in [-0.2, -0.15) is 0 Å². The van der Waals surface area contributed by atoms with Gasteiger partial charge in [0.25, 0.3) is 5.91 Å². The number of amides is 2. The second kappa shape index (κ2) is 11.5. The smallest absolute Gasteiger partial charge is 0.261 e. The first kappa shape index (κ1) is 25.7. The van der Waals surface area contributed by atoms with E-state index in [1.807, 2.05) is 31.2 Å². The highest BCUT2D eigenvalue weighted by Crippen LogP contribution is 2.31. The Morgan fingerprint density at radius 3 is 2.35 bits per heavy atom. The van der Waals surface area contributed by atoms with Crippen LogP contribution >= 0.6 is 0 Å². The normalized spacial score (nSPS) is 15.1. The number of carbonyl (C=O) groups is 2. The number of ether oxygens (including phenoxy) is 1. The van der Waals surface area contributed by atoms with Crippen LogP contribution in [0.4, 0.5) is 4.39 Å². The predicted octanol–water partition coefficient (Wildman–Crippen LogP) is 5.37. The van der Waals surface area contributed by atoms with Crippen LogP contribution in [0.5, 0.6) is 5.75 Å². The molecule has 34 heavy (non-hydrogen) atoms. The zero-order chi connectivity index (χ0) is 24.7. The summed E-state index contributed by atoms with van der Waals surface area (Å²) in [6.45, 7) is 8.22. The molecule has 184 valence electrons. The van der Waals surface area contributed by atoms with Crippen molar-refractivity contribution in [3.05, 3.63) is 65.5 Å². The molecular weight excluding hydrogens is 431 g/mol. The zero-order valence-corrected chi connectivity index (χ0v) is 20.8. The molecule has 0 unspecified atom stereocenters. The second-order valence-corrected chi connectivity index (χ2v) is 10.1. The van der Waals surface area contributed by atoms with Crippen molar-refractivity contribution in [3.63, 3.8) is 0 Å². The summed E-state index contributed by atoms with van der Waals surface area (Å²) in [6, 6.07) is 13.3. The molecule has 1 aliphatic carbocycles. The highest BCUT2D eigenvalue weighted by molar-refractivity contribution is 5.88. The summed E-state index contributed by atoms with van der Waals surface area (Å²) >= 11 is 0. The minimum Gasteiger partial charge on any atom is -0.483 e. The second-order valence-electron chi connectivity index (χ2n) is 10.1. The van der Waals surface area contributed by atoms with E-state index in [1.165, 1.54) is 12.1 Å². The van der Waals surface area contributed by atoms with Crippen LogP contribution in [0.2, 0.25) is 0 Å². The molecule has 6 heteroatoms. The van der Waals surface area contributed by atoms with Crippen molar-refractivity contribution < 1.29 is 18.7 Å². The highest BCUT2D eigenvalue weighted by Gasteiger charge is 2.31. The number of carbonyl (C=O) groups excluding carboxylic acids is 2. The molecule has 2 amide bonds. The fourth-order valence-electron chi connectivity index (χ4n) is 4.51. The quantitative estimate of drug-likeness (QED) is 0.538. The monoisotopic (exact) mass is 468 g/mol. The van der Waals surface area contributed by atoms with Gasteiger partial charge in [-0.15, -0.1) is 0 Å². The van der Waals surface area contributed by atoms with Gasteiger partial charge < -0.3 is 15.0 Å². The van der Waals surface area contributed by atoms with E-state index < -0.39 is 6.04 Å². The van der Waals surface area contributed by atoms with Crippen molar-refractivity contribution in [2.45, 2.75) is 83.8 Å². The molecule has 0 radical (unpaired) electrons. The van der Waals surface area contributed by atoms with Crippen LogP contribution in [-0.4, -0.2) is 35.4 Å². The molecule has 1 N–H and O–H groups in total. The first-order valence-electron chi connectivity index (χ1n) is 12.3. The number of para-hydroxylation sites is 1. The Morgan fingerprint density at radius 2 is 1.74 bits per heavy atom. The first-order chi connectivity index (χ1) is 16.2. The summed E-state index contributed by atoms with van der Waals surface area (Å²) in [7, 11) is 0. The molecule has 1 fully saturated rings. The molecule has 2 aromatic rings. The SMILES string of the molecule is CC[C@@H](C(=O)NC1CCCC1)N(Cc1ccc(F)cc1)C(=O)COc1ccccc1C(C)(C)C. The Balaban J connectivity index is 1.79. The van der Waals surface area contributed by atoms with Gasteiger partial charge in [0.1, 0.15) is 17.6 Å². The Kier molecular flexibility index (Phi) is 8.70. The number of benzene rings is 2. The summed E-state index contributed by atoms with van der Waals surface area (Å²) in [5.41, 5.74) is 1.64. The van der Waals surface area contributed by atoms with Crippen LogP contribution in [0.3, 0.4) is 0 Å². The summed E-state index contributed by atoms with van der Waals surface area (Å²) in [5.74, 6) is -0.0929. The molecule has 1 saturated carbocycles. The molecule has 0 saturated heterocycles. The van der Waals surface area contributed by atoms with Crippen LogP contribution in [0.1, 0.15) is 70.9 Å². The molecule has 2 aromatic carbocycles. The average Bonchev–Trinajstić information content (AvgIpc) is 3.31. The first-order valence-corrected chi connectivity index (χ1v) is 12.3. The third-order valence-corrected chi connectivity index (χ3v) is 6.40. The summed E-state index contributed by atoms with van der Waals surface area (Å²) in [6.07, 6.45) is 4.65.